The Morgan fingerprint density at radius 1 is 0.276 bits per heavy atom. The predicted octanol–water partition coefficient (Wildman–Crippen LogP) is 15.8. The molecule has 0 bridgehead atoms. The second-order valence-electron chi connectivity index (χ2n) is 15.7. The number of fused-ring (bicyclic) bond motifs is 6. The standard InChI is InChI=1S/C56H34N2/c1-2-17-40(18-3-1)58-51-24-7-6-20-44(51)45-31-30-41(34-52(45)58)57(50-25-11-13-35-12-4-5-19-43(35)50)42-32-39-29-28-38-15-9-22-47-46-21-8-14-36-26-27-37-16-10-23-48(55(37)53(36)46)49(33-42)56(39)54(38)47/h1-34H. The Morgan fingerprint density at radius 3 is 1.52 bits per heavy atom. The van der Waals surface area contributed by atoms with Crippen LogP contribution in [0, 0.1) is 0 Å². The maximum atomic E-state index is 2.49. The molecule has 268 valence electrons. The highest BCUT2D eigenvalue weighted by molar-refractivity contribution is 6.37. The topological polar surface area (TPSA) is 8.17 Å². The Bertz CT molecular complexity index is 3790. The first-order valence-electron chi connectivity index (χ1n) is 20.1. The van der Waals surface area contributed by atoms with E-state index in [1.165, 1.54) is 97.2 Å². The first-order valence-corrected chi connectivity index (χ1v) is 20.1. The number of para-hydroxylation sites is 2. The highest BCUT2D eigenvalue weighted by Crippen LogP contribution is 2.48. The molecule has 1 aromatic heterocycles. The van der Waals surface area contributed by atoms with E-state index in [1.807, 2.05) is 0 Å². The molecule has 2 heteroatoms. The molecule has 0 fully saturated rings. The number of nitrogens with zero attached hydrogens (tertiary/aromatic N) is 2. The molecule has 0 radical (unpaired) electrons. The van der Waals surface area contributed by atoms with Crippen LogP contribution in [0.2, 0.25) is 0 Å². The fourth-order valence-electron chi connectivity index (χ4n) is 10.2. The summed E-state index contributed by atoms with van der Waals surface area (Å²) in [4.78, 5) is 2.49. The van der Waals surface area contributed by atoms with Gasteiger partial charge in [-0.15, -0.1) is 0 Å². The van der Waals surface area contributed by atoms with E-state index in [9.17, 15) is 0 Å². The molecule has 0 N–H and O–H groups in total. The summed E-state index contributed by atoms with van der Waals surface area (Å²) in [6.07, 6.45) is 0. The summed E-state index contributed by atoms with van der Waals surface area (Å²) in [5.41, 5.74) is 6.89. The number of rotatable bonds is 4. The Kier molecular flexibility index (Phi) is 6.47. The van der Waals surface area contributed by atoms with E-state index in [4.69, 9.17) is 0 Å². The molecule has 0 atom stereocenters. The minimum Gasteiger partial charge on any atom is -0.310 e. The average Bonchev–Trinajstić information content (AvgIpc) is 3.61. The average molecular weight is 735 g/mol. The van der Waals surface area contributed by atoms with Crippen LogP contribution in [0.25, 0.3) is 103 Å². The van der Waals surface area contributed by atoms with Crippen molar-refractivity contribution in [3.8, 4) is 5.69 Å². The number of hydrogen-bond acceptors (Lipinski definition) is 1. The Morgan fingerprint density at radius 2 is 0.793 bits per heavy atom. The van der Waals surface area contributed by atoms with E-state index in [1.54, 1.807) is 0 Å². The van der Waals surface area contributed by atoms with Gasteiger partial charge in [-0.3, -0.25) is 0 Å². The van der Waals surface area contributed by atoms with Crippen LogP contribution in [0.5, 0.6) is 0 Å². The van der Waals surface area contributed by atoms with Gasteiger partial charge in [0, 0.05) is 33.2 Å². The first-order chi connectivity index (χ1) is 28.8. The summed E-state index contributed by atoms with van der Waals surface area (Å²) in [6, 6.07) is 76.6. The quantitative estimate of drug-likeness (QED) is 0.163. The second-order valence-corrected chi connectivity index (χ2v) is 15.7. The van der Waals surface area contributed by atoms with Gasteiger partial charge in [0.1, 0.15) is 0 Å². The third-order valence-corrected chi connectivity index (χ3v) is 12.6. The fraction of sp³-hybridized carbons (Fsp3) is 0. The minimum absolute atomic E-state index is 1.10. The number of hydrogen-bond donors (Lipinski definition) is 0. The van der Waals surface area contributed by atoms with Crippen LogP contribution in [0.1, 0.15) is 0 Å². The van der Waals surface area contributed by atoms with Gasteiger partial charge in [-0.2, -0.15) is 0 Å². The van der Waals surface area contributed by atoms with Crippen molar-refractivity contribution in [1.29, 1.82) is 0 Å². The maximum absolute atomic E-state index is 2.49. The molecule has 0 saturated carbocycles. The maximum Gasteiger partial charge on any atom is 0.0561 e. The highest BCUT2D eigenvalue weighted by atomic mass is 15.1. The van der Waals surface area contributed by atoms with Gasteiger partial charge in [0.2, 0.25) is 0 Å². The van der Waals surface area contributed by atoms with Crippen molar-refractivity contribution in [2.45, 2.75) is 0 Å². The van der Waals surface area contributed by atoms with E-state index in [-0.39, 0.29) is 0 Å². The largest absolute Gasteiger partial charge is 0.310 e. The molecule has 0 unspecified atom stereocenters. The summed E-state index contributed by atoms with van der Waals surface area (Å²) in [5.74, 6) is 0. The van der Waals surface area contributed by atoms with Crippen LogP contribution in [0.15, 0.2) is 206 Å². The molecule has 2 nitrogen and oxygen atoms in total. The van der Waals surface area contributed by atoms with Crippen molar-refractivity contribution in [1.82, 2.24) is 4.57 Å². The van der Waals surface area contributed by atoms with E-state index < -0.39 is 0 Å². The summed E-state index contributed by atoms with van der Waals surface area (Å²) >= 11 is 0. The summed E-state index contributed by atoms with van der Waals surface area (Å²) in [5, 5.41) is 20.2. The van der Waals surface area contributed by atoms with Gasteiger partial charge >= 0.3 is 0 Å². The van der Waals surface area contributed by atoms with Crippen LogP contribution in [-0.4, -0.2) is 4.57 Å². The molecule has 0 aliphatic carbocycles. The number of aromatic nitrogens is 1. The zero-order chi connectivity index (χ0) is 37.9. The monoisotopic (exact) mass is 734 g/mol. The van der Waals surface area contributed by atoms with Crippen LogP contribution in [0.3, 0.4) is 0 Å². The Balaban J connectivity index is 1.20. The minimum atomic E-state index is 1.10. The molecule has 1 heterocycles. The molecular weight excluding hydrogens is 701 g/mol. The molecule has 13 aromatic rings. The molecule has 12 aromatic carbocycles. The van der Waals surface area contributed by atoms with Gasteiger partial charge in [-0.25, -0.2) is 0 Å². The van der Waals surface area contributed by atoms with Crippen molar-refractivity contribution in [3.63, 3.8) is 0 Å². The van der Waals surface area contributed by atoms with Gasteiger partial charge < -0.3 is 9.47 Å². The summed E-state index contributed by atoms with van der Waals surface area (Å²) < 4.78 is 2.42. The van der Waals surface area contributed by atoms with Gasteiger partial charge in [0.15, 0.2) is 0 Å². The Labute approximate surface area is 334 Å². The number of anilines is 3. The highest BCUT2D eigenvalue weighted by Gasteiger charge is 2.22. The lowest BCUT2D eigenvalue weighted by atomic mass is 9.87. The lowest BCUT2D eigenvalue weighted by Gasteiger charge is -2.28. The lowest BCUT2D eigenvalue weighted by molar-refractivity contribution is 1.18. The van der Waals surface area contributed by atoms with Gasteiger partial charge in [-0.05, 0) is 119 Å². The lowest BCUT2D eigenvalue weighted by Crippen LogP contribution is -2.11. The molecule has 0 aliphatic heterocycles. The third-order valence-electron chi connectivity index (χ3n) is 12.6. The van der Waals surface area contributed by atoms with E-state index >= 15 is 0 Å². The smallest absolute Gasteiger partial charge is 0.0561 e. The second kappa shape index (κ2) is 11.9. The molecule has 0 amide bonds. The van der Waals surface area contributed by atoms with Gasteiger partial charge in [0.05, 0.1) is 16.7 Å². The van der Waals surface area contributed by atoms with Crippen LogP contribution in [-0.2, 0) is 0 Å². The van der Waals surface area contributed by atoms with E-state index in [0.29, 0.717) is 0 Å². The first kappa shape index (κ1) is 31.5. The van der Waals surface area contributed by atoms with E-state index in [0.717, 1.165) is 22.7 Å². The van der Waals surface area contributed by atoms with Crippen molar-refractivity contribution < 1.29 is 0 Å². The number of benzene rings is 11. The van der Waals surface area contributed by atoms with Gasteiger partial charge in [0.25, 0.3) is 0 Å². The normalized spacial score (nSPS) is 12.1. The molecule has 0 spiro atoms. The molecule has 13 rings (SSSR count). The zero-order valence-corrected chi connectivity index (χ0v) is 31.5. The van der Waals surface area contributed by atoms with Gasteiger partial charge in [-0.1, -0.05) is 158 Å². The Hall–Kier alpha value is -7.68. The molecule has 0 saturated heterocycles. The van der Waals surface area contributed by atoms with Crippen molar-refractivity contribution in [2.24, 2.45) is 0 Å². The summed E-state index contributed by atoms with van der Waals surface area (Å²) in [7, 11) is 0. The van der Waals surface area contributed by atoms with Crippen molar-refractivity contribution in [2.75, 3.05) is 4.90 Å². The third kappa shape index (κ3) is 4.37. The fourth-order valence-corrected chi connectivity index (χ4v) is 10.2. The predicted molar refractivity (Wildman–Crippen MR) is 249 cm³/mol. The SMILES string of the molecule is c1ccc(-n2c3ccccc3c3ccc(N(c4cc5ccc6cccc7c8cccc9ccc%10cccc(c(c4)c5c67)c%10c98)c4cccc5ccccc45)cc32)cc1. The molecule has 0 aliphatic rings. The zero-order valence-electron chi connectivity index (χ0n) is 31.5. The van der Waals surface area contributed by atoms with Crippen molar-refractivity contribution in [3.05, 3.63) is 206 Å². The van der Waals surface area contributed by atoms with Crippen LogP contribution in [0.4, 0.5) is 17.1 Å². The molecular formula is C56H34N2. The van der Waals surface area contributed by atoms with E-state index in [2.05, 4.69) is 216 Å². The van der Waals surface area contributed by atoms with Crippen LogP contribution >= 0.6 is 0 Å². The molecule has 58 heavy (non-hydrogen) atoms. The van der Waals surface area contributed by atoms with Crippen molar-refractivity contribution >= 4 is 114 Å². The van der Waals surface area contributed by atoms with Crippen LogP contribution < -0.4 is 4.90 Å². The summed E-state index contributed by atoms with van der Waals surface area (Å²) in [6.45, 7) is 0.